The number of hydrogen-bond acceptors (Lipinski definition) is 8. The van der Waals surface area contributed by atoms with E-state index in [4.69, 9.17) is 4.74 Å². The van der Waals surface area contributed by atoms with Crippen molar-refractivity contribution in [3.63, 3.8) is 0 Å². The van der Waals surface area contributed by atoms with Crippen molar-refractivity contribution in [2.24, 2.45) is 0 Å². The summed E-state index contributed by atoms with van der Waals surface area (Å²) in [4.78, 5) is 54.0. The number of Topliss-reactive ketones (excluding diaryl/α,β-unsaturated/α-hetero) is 4. The highest BCUT2D eigenvalue weighted by molar-refractivity contribution is 7.32. The molecule has 0 bridgehead atoms. The molecular formula is C36H18F4O5S3. The average Bonchev–Trinajstić information content (AvgIpc) is 3.82. The van der Waals surface area contributed by atoms with Crippen molar-refractivity contribution >= 4 is 89.8 Å². The second-order valence-electron chi connectivity index (χ2n) is 12.2. The molecule has 1 saturated carbocycles. The largest absolute Gasteiger partial charge is 0.479 e. The summed E-state index contributed by atoms with van der Waals surface area (Å²) >= 11 is 4.21. The van der Waals surface area contributed by atoms with Gasteiger partial charge < -0.3 is 4.74 Å². The quantitative estimate of drug-likeness (QED) is 0.104. The minimum absolute atomic E-state index is 0.0584. The third-order valence-electron chi connectivity index (χ3n) is 9.37. The Bertz CT molecular complexity index is 2440. The van der Waals surface area contributed by atoms with Crippen LogP contribution in [0, 0.1) is 23.3 Å². The molecule has 5 nitrogen and oxygen atoms in total. The topological polar surface area (TPSA) is 77.5 Å². The third kappa shape index (κ3) is 4.12. The zero-order chi connectivity index (χ0) is 33.2. The van der Waals surface area contributed by atoms with Gasteiger partial charge in [0.2, 0.25) is 23.1 Å². The standard InChI is InChI=1S/C36H18F4O5S3/c37-14-6-18-20(28(41)30(43)26(18)23(39)8-14)10-16-12-22-33(46-16)35-32(45-36(22)4-2-1-3-5-36)34-25(48-35)13-17(47-34)11-21-19-7-15(38)9-24(40)27(19)31(44)29(21)42/h6-13H,1-5H2/b20-10-,21-11-. The molecule has 0 radical (unpaired) electrons. The maximum atomic E-state index is 14.5. The Hall–Kier alpha value is -4.52. The molecule has 0 N–H and O–H groups in total. The summed E-state index contributed by atoms with van der Waals surface area (Å²) in [6.07, 6.45) is 7.39. The summed E-state index contributed by atoms with van der Waals surface area (Å²) in [5, 5.41) is 0. The first-order valence-electron chi connectivity index (χ1n) is 15.0. The first-order valence-corrected chi connectivity index (χ1v) is 17.5. The van der Waals surface area contributed by atoms with Gasteiger partial charge in [0.15, 0.2) is 5.75 Å². The fraction of sp³-hybridized carbons (Fsp3) is 0.167. The number of carbonyl (C=O) groups excluding carboxylic acids is 4. The number of fused-ring (bicyclic) bond motifs is 8. The SMILES string of the molecule is O=C1C(=O)c2c(F)cc(F)cc2/C1=C/c1cc2c(s1)-c1sc3cc(/C=C4\C(=O)C(=O)c5c(F)cc(F)cc54)sc3c1OC21CCCCC1. The van der Waals surface area contributed by atoms with Crippen LogP contribution in [0.3, 0.4) is 0 Å². The van der Waals surface area contributed by atoms with E-state index in [2.05, 4.69) is 0 Å². The molecular weight excluding hydrogens is 685 g/mol. The molecule has 4 heterocycles. The lowest BCUT2D eigenvalue weighted by molar-refractivity contribution is -0.110. The first-order chi connectivity index (χ1) is 23.0. The molecule has 9 rings (SSSR count). The second-order valence-corrected chi connectivity index (χ2v) is 15.4. The van der Waals surface area contributed by atoms with Gasteiger partial charge in [0.25, 0.3) is 0 Å². The smallest absolute Gasteiger partial charge is 0.237 e. The molecule has 1 spiro atoms. The fourth-order valence-electron chi connectivity index (χ4n) is 7.25. The van der Waals surface area contributed by atoms with E-state index in [1.165, 1.54) is 46.2 Å². The zero-order valence-electron chi connectivity index (χ0n) is 24.4. The number of allylic oxidation sites excluding steroid dienone is 2. The lowest BCUT2D eigenvalue weighted by Crippen LogP contribution is -2.37. The van der Waals surface area contributed by atoms with Crippen LogP contribution in [-0.4, -0.2) is 23.1 Å². The van der Waals surface area contributed by atoms with Crippen LogP contribution in [0.1, 0.15) is 79.3 Å². The van der Waals surface area contributed by atoms with Gasteiger partial charge in [0.05, 0.1) is 30.3 Å². The molecule has 4 aliphatic rings. The van der Waals surface area contributed by atoms with Gasteiger partial charge in [-0.3, -0.25) is 19.2 Å². The van der Waals surface area contributed by atoms with Crippen molar-refractivity contribution in [3.05, 3.63) is 97.2 Å². The van der Waals surface area contributed by atoms with E-state index in [0.717, 1.165) is 69.0 Å². The average molecular weight is 703 g/mol. The van der Waals surface area contributed by atoms with Crippen molar-refractivity contribution in [2.75, 3.05) is 0 Å². The zero-order valence-corrected chi connectivity index (χ0v) is 26.9. The summed E-state index contributed by atoms with van der Waals surface area (Å²) in [6, 6.07) is 6.96. The van der Waals surface area contributed by atoms with E-state index in [-0.39, 0.29) is 22.3 Å². The minimum Gasteiger partial charge on any atom is -0.479 e. The van der Waals surface area contributed by atoms with Gasteiger partial charge in [-0.15, -0.1) is 34.0 Å². The molecule has 48 heavy (non-hydrogen) atoms. The van der Waals surface area contributed by atoms with Crippen molar-refractivity contribution in [1.29, 1.82) is 0 Å². The summed E-state index contributed by atoms with van der Waals surface area (Å²) in [5.74, 6) is -7.04. The van der Waals surface area contributed by atoms with Crippen molar-refractivity contribution < 1.29 is 41.5 Å². The van der Waals surface area contributed by atoms with Crippen LogP contribution in [0.15, 0.2) is 36.4 Å². The maximum absolute atomic E-state index is 14.5. The van der Waals surface area contributed by atoms with Crippen molar-refractivity contribution in [3.8, 4) is 15.5 Å². The highest BCUT2D eigenvalue weighted by Gasteiger charge is 2.45. The summed E-state index contributed by atoms with van der Waals surface area (Å²) in [6.45, 7) is 0. The van der Waals surface area contributed by atoms with Crippen LogP contribution < -0.4 is 4.74 Å². The lowest BCUT2D eigenvalue weighted by Gasteiger charge is -2.40. The summed E-state index contributed by atoms with van der Waals surface area (Å²) < 4.78 is 65.7. The molecule has 2 aromatic carbocycles. The fourth-order valence-corrected chi connectivity index (χ4v) is 11.0. The number of thiophene rings is 3. The minimum atomic E-state index is -1.08. The number of rotatable bonds is 2. The van der Waals surface area contributed by atoms with E-state index in [1.807, 2.05) is 12.1 Å². The van der Waals surface area contributed by atoms with Gasteiger partial charge in [0.1, 0.15) is 28.9 Å². The van der Waals surface area contributed by atoms with Crippen LogP contribution >= 0.6 is 34.0 Å². The Kier molecular flexibility index (Phi) is 6.32. The lowest BCUT2D eigenvalue weighted by atomic mass is 9.78. The van der Waals surface area contributed by atoms with E-state index >= 15 is 0 Å². The Morgan fingerprint density at radius 2 is 1.19 bits per heavy atom. The molecule has 0 saturated heterocycles. The molecule has 238 valence electrons. The van der Waals surface area contributed by atoms with Crippen LogP contribution in [0.4, 0.5) is 17.6 Å². The Balaban J connectivity index is 1.17. The highest BCUT2D eigenvalue weighted by atomic mass is 32.1. The third-order valence-corrected chi connectivity index (χ3v) is 12.9. The first kappa shape index (κ1) is 29.6. The van der Waals surface area contributed by atoms with E-state index in [0.29, 0.717) is 27.6 Å². The van der Waals surface area contributed by atoms with Crippen LogP contribution in [0.2, 0.25) is 0 Å². The monoisotopic (exact) mass is 702 g/mol. The molecule has 1 aliphatic heterocycles. The van der Waals surface area contributed by atoms with Gasteiger partial charge >= 0.3 is 0 Å². The predicted octanol–water partition coefficient (Wildman–Crippen LogP) is 9.41. The van der Waals surface area contributed by atoms with Gasteiger partial charge in [-0.2, -0.15) is 0 Å². The van der Waals surface area contributed by atoms with E-state index < -0.39 is 63.1 Å². The molecule has 12 heteroatoms. The van der Waals surface area contributed by atoms with Gasteiger partial charge in [0, 0.05) is 49.7 Å². The van der Waals surface area contributed by atoms with Crippen molar-refractivity contribution in [2.45, 2.75) is 37.7 Å². The van der Waals surface area contributed by atoms with Gasteiger partial charge in [-0.05, 0) is 62.1 Å². The number of hydrogen-bond donors (Lipinski definition) is 0. The Morgan fingerprint density at radius 1 is 0.625 bits per heavy atom. The van der Waals surface area contributed by atoms with Gasteiger partial charge in [-0.1, -0.05) is 6.42 Å². The molecule has 1 fully saturated rings. The van der Waals surface area contributed by atoms with E-state index in [9.17, 15) is 36.7 Å². The van der Waals surface area contributed by atoms with Crippen molar-refractivity contribution in [1.82, 2.24) is 0 Å². The molecule has 0 atom stereocenters. The van der Waals surface area contributed by atoms with E-state index in [1.54, 1.807) is 0 Å². The molecule has 3 aromatic heterocycles. The summed E-state index contributed by atoms with van der Waals surface area (Å²) in [7, 11) is 0. The molecule has 0 unspecified atom stereocenters. The van der Waals surface area contributed by atoms with Crippen LogP contribution in [0.25, 0.3) is 42.5 Å². The molecule has 5 aromatic rings. The second kappa shape index (κ2) is 10.2. The molecule has 3 aliphatic carbocycles. The number of ether oxygens (including phenoxy) is 1. The number of halogens is 4. The Morgan fingerprint density at radius 3 is 1.77 bits per heavy atom. The highest BCUT2D eigenvalue weighted by Crippen LogP contribution is 2.60. The van der Waals surface area contributed by atoms with Crippen LogP contribution in [-0.2, 0) is 15.2 Å². The van der Waals surface area contributed by atoms with Crippen LogP contribution in [0.5, 0.6) is 5.75 Å². The molecule has 0 amide bonds. The summed E-state index contributed by atoms with van der Waals surface area (Å²) in [5.41, 5.74) is -0.804. The number of ketones is 4. The normalized spacial score (nSPS) is 19.4. The predicted molar refractivity (Wildman–Crippen MR) is 176 cm³/mol. The number of benzene rings is 2. The maximum Gasteiger partial charge on any atom is 0.237 e. The number of carbonyl (C=O) groups is 4. The Labute approximate surface area is 280 Å². The van der Waals surface area contributed by atoms with Gasteiger partial charge in [-0.25, -0.2) is 17.6 Å².